The molecule has 0 radical (unpaired) electrons. The number of nitrogens with one attached hydrogen (secondary N) is 1. The first-order chi connectivity index (χ1) is 8.02. The summed E-state index contributed by atoms with van der Waals surface area (Å²) >= 11 is 0. The van der Waals surface area contributed by atoms with Gasteiger partial charge in [0.05, 0.1) is 5.75 Å². The summed E-state index contributed by atoms with van der Waals surface area (Å²) in [7, 11) is -3.23. The molecule has 98 valence electrons. The van der Waals surface area contributed by atoms with E-state index in [2.05, 4.69) is 5.32 Å². The van der Waals surface area contributed by atoms with Crippen LogP contribution in [0.3, 0.4) is 0 Å². The Balaban J connectivity index is 1.87. The molecule has 0 spiro atoms. The minimum Gasteiger partial charge on any atom is -0.339 e. The smallest absolute Gasteiger partial charge is 0.238 e. The van der Waals surface area contributed by atoms with Gasteiger partial charge in [-0.25, -0.2) is 8.42 Å². The van der Waals surface area contributed by atoms with E-state index in [1.165, 1.54) is 0 Å². The standard InChI is InChI=1S/C11H20N2O3S/c1-2-13(10-3-4-10)11(14)8-17(15,16)7-9-5-12-6-9/h9-10,12H,2-8H2,1H3. The van der Waals surface area contributed by atoms with E-state index in [4.69, 9.17) is 0 Å². The number of hydrogen-bond donors (Lipinski definition) is 1. The Morgan fingerprint density at radius 1 is 1.35 bits per heavy atom. The van der Waals surface area contributed by atoms with Crippen LogP contribution in [0.5, 0.6) is 0 Å². The number of rotatable bonds is 6. The first-order valence-electron chi connectivity index (χ1n) is 6.22. The molecule has 5 nitrogen and oxygen atoms in total. The summed E-state index contributed by atoms with van der Waals surface area (Å²) in [6.45, 7) is 4.03. The van der Waals surface area contributed by atoms with E-state index in [-0.39, 0.29) is 23.3 Å². The topological polar surface area (TPSA) is 66.5 Å². The van der Waals surface area contributed by atoms with Gasteiger partial charge in [-0.05, 0) is 25.7 Å². The zero-order valence-electron chi connectivity index (χ0n) is 10.2. The maximum absolute atomic E-state index is 11.9. The van der Waals surface area contributed by atoms with Gasteiger partial charge in [-0.2, -0.15) is 0 Å². The zero-order chi connectivity index (χ0) is 12.5. The monoisotopic (exact) mass is 260 g/mol. The summed E-state index contributed by atoms with van der Waals surface area (Å²) in [6, 6.07) is 0.299. The highest BCUT2D eigenvalue weighted by Crippen LogP contribution is 2.26. The first kappa shape index (κ1) is 12.8. The van der Waals surface area contributed by atoms with Gasteiger partial charge in [0, 0.05) is 25.7 Å². The molecule has 1 saturated carbocycles. The summed E-state index contributed by atoms with van der Waals surface area (Å²) in [5.74, 6) is -0.187. The van der Waals surface area contributed by atoms with Gasteiger partial charge in [-0.3, -0.25) is 4.79 Å². The fraction of sp³-hybridized carbons (Fsp3) is 0.909. The highest BCUT2D eigenvalue weighted by molar-refractivity contribution is 7.92. The number of hydrogen-bond acceptors (Lipinski definition) is 4. The second kappa shape index (κ2) is 4.94. The molecule has 1 aliphatic heterocycles. The number of carbonyl (C=O) groups excluding carboxylic acids is 1. The Kier molecular flexibility index (Phi) is 3.73. The molecule has 0 atom stereocenters. The lowest BCUT2D eigenvalue weighted by Crippen LogP contribution is -2.47. The molecule has 0 unspecified atom stereocenters. The Bertz CT molecular complexity index is 386. The van der Waals surface area contributed by atoms with Gasteiger partial charge in [-0.1, -0.05) is 0 Å². The van der Waals surface area contributed by atoms with Crippen LogP contribution in [0.15, 0.2) is 0 Å². The number of sulfone groups is 1. The summed E-state index contributed by atoms with van der Waals surface area (Å²) in [6.07, 6.45) is 2.04. The summed E-state index contributed by atoms with van der Waals surface area (Å²) < 4.78 is 23.7. The quantitative estimate of drug-likeness (QED) is 0.708. The molecule has 2 fully saturated rings. The van der Waals surface area contributed by atoms with Gasteiger partial charge in [-0.15, -0.1) is 0 Å². The van der Waals surface area contributed by atoms with Crippen molar-refractivity contribution in [3.63, 3.8) is 0 Å². The average Bonchev–Trinajstić information content (AvgIpc) is 2.96. The maximum atomic E-state index is 11.9. The molecule has 0 bridgehead atoms. The highest BCUT2D eigenvalue weighted by Gasteiger charge is 2.34. The van der Waals surface area contributed by atoms with Crippen LogP contribution in [0.25, 0.3) is 0 Å². The minimum atomic E-state index is -3.23. The molecule has 1 N–H and O–H groups in total. The summed E-state index contributed by atoms with van der Waals surface area (Å²) in [5.41, 5.74) is 0. The molecular weight excluding hydrogens is 240 g/mol. The summed E-state index contributed by atoms with van der Waals surface area (Å²) in [4.78, 5) is 13.6. The van der Waals surface area contributed by atoms with Crippen LogP contribution in [-0.4, -0.2) is 56.4 Å². The van der Waals surface area contributed by atoms with Crippen LogP contribution in [0.4, 0.5) is 0 Å². The van der Waals surface area contributed by atoms with Crippen molar-refractivity contribution in [2.45, 2.75) is 25.8 Å². The van der Waals surface area contributed by atoms with Gasteiger partial charge in [0.25, 0.3) is 0 Å². The van der Waals surface area contributed by atoms with Gasteiger partial charge >= 0.3 is 0 Å². The summed E-state index contributed by atoms with van der Waals surface area (Å²) in [5, 5.41) is 3.04. The van der Waals surface area contributed by atoms with Crippen LogP contribution in [-0.2, 0) is 14.6 Å². The lowest BCUT2D eigenvalue weighted by molar-refractivity contribution is -0.128. The lowest BCUT2D eigenvalue weighted by Gasteiger charge is -2.27. The van der Waals surface area contributed by atoms with Crippen molar-refractivity contribution in [1.29, 1.82) is 0 Å². The molecule has 1 amide bonds. The second-order valence-corrected chi connectivity index (χ2v) is 7.10. The molecule has 1 aliphatic carbocycles. The molecule has 0 aromatic heterocycles. The van der Waals surface area contributed by atoms with E-state index >= 15 is 0 Å². The molecule has 6 heteroatoms. The van der Waals surface area contributed by atoms with Gasteiger partial charge in [0.15, 0.2) is 9.84 Å². The largest absolute Gasteiger partial charge is 0.339 e. The molecule has 2 rings (SSSR count). The van der Waals surface area contributed by atoms with Crippen molar-refractivity contribution in [1.82, 2.24) is 10.2 Å². The van der Waals surface area contributed by atoms with Crippen molar-refractivity contribution in [3.05, 3.63) is 0 Å². The second-order valence-electron chi connectivity index (χ2n) is 4.99. The molecule has 17 heavy (non-hydrogen) atoms. The Morgan fingerprint density at radius 3 is 2.41 bits per heavy atom. The fourth-order valence-corrected chi connectivity index (χ4v) is 3.79. The van der Waals surface area contributed by atoms with Crippen molar-refractivity contribution >= 4 is 15.7 Å². The first-order valence-corrected chi connectivity index (χ1v) is 8.04. The van der Waals surface area contributed by atoms with E-state index in [1.54, 1.807) is 4.90 Å². The Hall–Kier alpha value is -0.620. The predicted molar refractivity (Wildman–Crippen MR) is 65.4 cm³/mol. The van der Waals surface area contributed by atoms with Crippen LogP contribution in [0.1, 0.15) is 19.8 Å². The highest BCUT2D eigenvalue weighted by atomic mass is 32.2. The Labute approximate surface area is 102 Å². The van der Waals surface area contributed by atoms with E-state index in [0.717, 1.165) is 25.9 Å². The zero-order valence-corrected chi connectivity index (χ0v) is 11.0. The third-order valence-corrected chi connectivity index (χ3v) is 5.01. The van der Waals surface area contributed by atoms with Crippen molar-refractivity contribution in [3.8, 4) is 0 Å². The number of nitrogens with zero attached hydrogens (tertiary/aromatic N) is 1. The van der Waals surface area contributed by atoms with E-state index < -0.39 is 9.84 Å². The van der Waals surface area contributed by atoms with Gasteiger partial charge in [0.1, 0.15) is 5.75 Å². The van der Waals surface area contributed by atoms with Crippen molar-refractivity contribution < 1.29 is 13.2 Å². The van der Waals surface area contributed by atoms with Crippen LogP contribution < -0.4 is 5.32 Å². The van der Waals surface area contributed by atoms with E-state index in [1.807, 2.05) is 6.92 Å². The Morgan fingerprint density at radius 2 is 2.00 bits per heavy atom. The normalized spacial score (nSPS) is 21.0. The predicted octanol–water partition coefficient (Wildman–Crippen LogP) is -0.368. The fourth-order valence-electron chi connectivity index (χ4n) is 2.18. The van der Waals surface area contributed by atoms with E-state index in [9.17, 15) is 13.2 Å². The molecule has 0 aromatic carbocycles. The molecule has 2 aliphatic rings. The van der Waals surface area contributed by atoms with Crippen molar-refractivity contribution in [2.75, 3.05) is 31.1 Å². The molecular formula is C11H20N2O3S. The van der Waals surface area contributed by atoms with Crippen LogP contribution in [0.2, 0.25) is 0 Å². The molecule has 1 saturated heterocycles. The van der Waals surface area contributed by atoms with Gasteiger partial charge in [0.2, 0.25) is 5.91 Å². The van der Waals surface area contributed by atoms with E-state index in [0.29, 0.717) is 12.6 Å². The maximum Gasteiger partial charge on any atom is 0.238 e. The average molecular weight is 260 g/mol. The molecule has 0 aromatic rings. The minimum absolute atomic E-state index is 0.147. The van der Waals surface area contributed by atoms with Crippen LogP contribution in [0, 0.1) is 5.92 Å². The lowest BCUT2D eigenvalue weighted by atomic mass is 10.1. The van der Waals surface area contributed by atoms with Gasteiger partial charge < -0.3 is 10.2 Å². The SMILES string of the molecule is CCN(C(=O)CS(=O)(=O)CC1CNC1)C1CC1. The third kappa shape index (κ3) is 3.42. The third-order valence-electron chi connectivity index (χ3n) is 3.35. The van der Waals surface area contributed by atoms with Crippen molar-refractivity contribution in [2.24, 2.45) is 5.92 Å². The van der Waals surface area contributed by atoms with Crippen LogP contribution >= 0.6 is 0 Å². The number of carbonyl (C=O) groups is 1. The number of amides is 1. The molecule has 1 heterocycles.